The summed E-state index contributed by atoms with van der Waals surface area (Å²) < 4.78 is 11.0. The number of hydrogen-bond acceptors (Lipinski definition) is 4. The van der Waals surface area contributed by atoms with Crippen molar-refractivity contribution in [2.45, 2.75) is 53.2 Å². The van der Waals surface area contributed by atoms with E-state index in [1.54, 1.807) is 0 Å². The minimum atomic E-state index is -0.209. The van der Waals surface area contributed by atoms with E-state index < -0.39 is 0 Å². The van der Waals surface area contributed by atoms with Crippen LogP contribution in [0, 0.1) is 20.8 Å². The molecule has 136 valence electrons. The third-order valence-electron chi connectivity index (χ3n) is 3.95. The third-order valence-corrected chi connectivity index (χ3v) is 3.95. The normalized spacial score (nSPS) is 13.2. The fraction of sp³-hybridized carbons (Fsp3) is 0.474. The molecule has 6 heteroatoms. The molecule has 0 spiro atoms. The summed E-state index contributed by atoms with van der Waals surface area (Å²) >= 11 is 0. The topological polar surface area (TPSA) is 76.4 Å². The van der Waals surface area contributed by atoms with Crippen LogP contribution in [-0.4, -0.2) is 29.9 Å². The van der Waals surface area contributed by atoms with E-state index in [-0.39, 0.29) is 18.2 Å². The number of urea groups is 1. The SMILES string of the molecule is Cc1cccc(O[C@H](C)CNC(=O)N[C@@H](C)Cc2c(C)noc2C)c1. The average molecular weight is 345 g/mol. The lowest BCUT2D eigenvalue weighted by Crippen LogP contribution is -2.44. The lowest BCUT2D eigenvalue weighted by atomic mass is 10.1. The summed E-state index contributed by atoms with van der Waals surface area (Å²) in [6, 6.07) is 7.62. The van der Waals surface area contributed by atoms with E-state index in [1.165, 1.54) is 0 Å². The van der Waals surface area contributed by atoms with E-state index in [0.29, 0.717) is 13.0 Å². The van der Waals surface area contributed by atoms with Crippen molar-refractivity contribution in [3.63, 3.8) is 0 Å². The predicted molar refractivity (Wildman–Crippen MR) is 96.9 cm³/mol. The highest BCUT2D eigenvalue weighted by atomic mass is 16.5. The zero-order valence-corrected chi connectivity index (χ0v) is 15.6. The van der Waals surface area contributed by atoms with Gasteiger partial charge in [-0.2, -0.15) is 0 Å². The maximum absolute atomic E-state index is 12.0. The van der Waals surface area contributed by atoms with Crippen molar-refractivity contribution < 1.29 is 14.1 Å². The van der Waals surface area contributed by atoms with Gasteiger partial charge in [-0.1, -0.05) is 17.3 Å². The van der Waals surface area contributed by atoms with E-state index >= 15 is 0 Å². The van der Waals surface area contributed by atoms with Gasteiger partial charge in [0.15, 0.2) is 0 Å². The molecule has 0 aliphatic rings. The van der Waals surface area contributed by atoms with Crippen molar-refractivity contribution in [2.75, 3.05) is 6.54 Å². The van der Waals surface area contributed by atoms with Crippen LogP contribution in [0.4, 0.5) is 4.79 Å². The van der Waals surface area contributed by atoms with Gasteiger partial charge in [-0.05, 0) is 58.7 Å². The summed E-state index contributed by atoms with van der Waals surface area (Å²) in [5, 5.41) is 9.70. The first-order valence-corrected chi connectivity index (χ1v) is 8.54. The highest BCUT2D eigenvalue weighted by Crippen LogP contribution is 2.15. The predicted octanol–water partition coefficient (Wildman–Crippen LogP) is 3.30. The van der Waals surface area contributed by atoms with Gasteiger partial charge in [0.05, 0.1) is 12.2 Å². The first-order chi connectivity index (χ1) is 11.8. The van der Waals surface area contributed by atoms with E-state index in [9.17, 15) is 4.79 Å². The lowest BCUT2D eigenvalue weighted by molar-refractivity contribution is 0.206. The molecule has 2 amide bonds. The number of hydrogen-bond donors (Lipinski definition) is 2. The molecule has 1 heterocycles. The highest BCUT2D eigenvalue weighted by molar-refractivity contribution is 5.74. The molecule has 0 saturated carbocycles. The second kappa shape index (κ2) is 8.55. The summed E-state index contributed by atoms with van der Waals surface area (Å²) in [6.07, 6.45) is 0.564. The molecule has 0 unspecified atom stereocenters. The van der Waals surface area contributed by atoms with Crippen molar-refractivity contribution in [1.29, 1.82) is 0 Å². The number of benzene rings is 1. The molecule has 0 aliphatic carbocycles. The lowest BCUT2D eigenvalue weighted by Gasteiger charge is -2.18. The van der Waals surface area contributed by atoms with Crippen molar-refractivity contribution in [3.8, 4) is 5.75 Å². The van der Waals surface area contributed by atoms with Crippen LogP contribution >= 0.6 is 0 Å². The summed E-state index contributed by atoms with van der Waals surface area (Å²) in [5.74, 6) is 1.60. The second-order valence-corrected chi connectivity index (χ2v) is 6.51. The van der Waals surface area contributed by atoms with Gasteiger partial charge in [0.2, 0.25) is 0 Å². The van der Waals surface area contributed by atoms with Crippen LogP contribution in [0.15, 0.2) is 28.8 Å². The van der Waals surface area contributed by atoms with Gasteiger partial charge in [-0.3, -0.25) is 0 Å². The van der Waals surface area contributed by atoms with E-state index in [0.717, 1.165) is 28.3 Å². The van der Waals surface area contributed by atoms with Crippen LogP contribution in [-0.2, 0) is 6.42 Å². The average Bonchev–Trinajstić information content (AvgIpc) is 2.85. The standard InChI is InChI=1S/C19H27N3O3/c1-12-7-6-8-17(9-12)24-14(3)11-20-19(23)21-13(2)10-18-15(4)22-25-16(18)5/h6-9,13-14H,10-11H2,1-5H3,(H2,20,21,23)/t13-,14+/m0/s1. The Morgan fingerprint density at radius 2 is 2.04 bits per heavy atom. The molecule has 2 rings (SSSR count). The van der Waals surface area contributed by atoms with Crippen LogP contribution in [0.5, 0.6) is 5.75 Å². The summed E-state index contributed by atoms with van der Waals surface area (Å²) in [4.78, 5) is 12.0. The van der Waals surface area contributed by atoms with Gasteiger partial charge < -0.3 is 19.9 Å². The number of ether oxygens (including phenoxy) is 1. The molecule has 2 aromatic rings. The van der Waals surface area contributed by atoms with Crippen LogP contribution in [0.1, 0.15) is 36.4 Å². The Bertz CT molecular complexity index is 692. The van der Waals surface area contributed by atoms with Gasteiger partial charge in [-0.25, -0.2) is 4.79 Å². The number of rotatable bonds is 7. The van der Waals surface area contributed by atoms with Crippen LogP contribution in [0.2, 0.25) is 0 Å². The third kappa shape index (κ3) is 5.81. The van der Waals surface area contributed by atoms with Crippen molar-refractivity contribution in [1.82, 2.24) is 15.8 Å². The Labute approximate surface area is 148 Å². The first kappa shape index (κ1) is 18.8. The molecule has 1 aromatic carbocycles. The van der Waals surface area contributed by atoms with Gasteiger partial charge in [-0.15, -0.1) is 0 Å². The quantitative estimate of drug-likeness (QED) is 0.807. The van der Waals surface area contributed by atoms with Crippen molar-refractivity contribution in [2.24, 2.45) is 0 Å². The molecule has 0 saturated heterocycles. The number of nitrogens with one attached hydrogen (secondary N) is 2. The molecule has 1 aromatic heterocycles. The molecular formula is C19H27N3O3. The largest absolute Gasteiger partial charge is 0.489 e. The molecule has 2 atom stereocenters. The Morgan fingerprint density at radius 1 is 1.28 bits per heavy atom. The molecule has 6 nitrogen and oxygen atoms in total. The number of aryl methyl sites for hydroxylation is 3. The highest BCUT2D eigenvalue weighted by Gasteiger charge is 2.15. The molecule has 0 radical (unpaired) electrons. The van der Waals surface area contributed by atoms with E-state index in [4.69, 9.17) is 9.26 Å². The monoisotopic (exact) mass is 345 g/mol. The van der Waals surface area contributed by atoms with Crippen LogP contribution in [0.3, 0.4) is 0 Å². The smallest absolute Gasteiger partial charge is 0.315 e. The van der Waals surface area contributed by atoms with Gasteiger partial charge in [0.25, 0.3) is 0 Å². The molecule has 25 heavy (non-hydrogen) atoms. The van der Waals surface area contributed by atoms with E-state index in [1.807, 2.05) is 58.9 Å². The molecule has 2 N–H and O–H groups in total. The Balaban J connectivity index is 1.74. The van der Waals surface area contributed by atoms with Crippen LogP contribution < -0.4 is 15.4 Å². The number of nitrogens with zero attached hydrogens (tertiary/aromatic N) is 1. The number of carbonyl (C=O) groups is 1. The van der Waals surface area contributed by atoms with Crippen LogP contribution in [0.25, 0.3) is 0 Å². The number of carbonyl (C=O) groups excluding carboxylic acids is 1. The summed E-state index contributed by atoms with van der Waals surface area (Å²) in [5.41, 5.74) is 3.05. The zero-order valence-electron chi connectivity index (χ0n) is 15.6. The Morgan fingerprint density at radius 3 is 2.68 bits per heavy atom. The maximum Gasteiger partial charge on any atom is 0.315 e. The zero-order chi connectivity index (χ0) is 18.4. The Kier molecular flexibility index (Phi) is 6.44. The molecule has 0 fully saturated rings. The number of amides is 2. The molecule has 0 bridgehead atoms. The van der Waals surface area contributed by atoms with Crippen molar-refractivity contribution in [3.05, 3.63) is 46.8 Å². The second-order valence-electron chi connectivity index (χ2n) is 6.51. The fourth-order valence-electron chi connectivity index (χ4n) is 2.62. The van der Waals surface area contributed by atoms with E-state index in [2.05, 4.69) is 15.8 Å². The number of aromatic nitrogens is 1. The minimum absolute atomic E-state index is 0.0233. The maximum atomic E-state index is 12.0. The van der Waals surface area contributed by atoms with Gasteiger partial charge in [0.1, 0.15) is 17.6 Å². The van der Waals surface area contributed by atoms with Gasteiger partial charge >= 0.3 is 6.03 Å². The van der Waals surface area contributed by atoms with Crippen molar-refractivity contribution >= 4 is 6.03 Å². The Hall–Kier alpha value is -2.50. The van der Waals surface area contributed by atoms with Gasteiger partial charge in [0, 0.05) is 11.6 Å². The summed E-state index contributed by atoms with van der Waals surface area (Å²) in [6.45, 7) is 10.1. The fourth-order valence-corrected chi connectivity index (χ4v) is 2.62. The minimum Gasteiger partial charge on any atom is -0.489 e. The molecular weight excluding hydrogens is 318 g/mol. The molecule has 0 aliphatic heterocycles. The first-order valence-electron chi connectivity index (χ1n) is 8.54. The summed E-state index contributed by atoms with van der Waals surface area (Å²) in [7, 11) is 0.